The molecule has 0 fully saturated rings. The minimum absolute atomic E-state index is 0.0344. The summed E-state index contributed by atoms with van der Waals surface area (Å²) in [5.41, 5.74) is 0.530. The molecule has 1 aromatic carbocycles. The first-order valence-electron chi connectivity index (χ1n) is 6.12. The van der Waals surface area contributed by atoms with Crippen LogP contribution in [0.5, 0.6) is 0 Å². The number of para-hydroxylation sites is 1. The highest BCUT2D eigenvalue weighted by Crippen LogP contribution is 2.17. The van der Waals surface area contributed by atoms with E-state index in [9.17, 15) is 14.9 Å². The van der Waals surface area contributed by atoms with Crippen LogP contribution in [0.1, 0.15) is 16.1 Å². The number of nitrogens with zero attached hydrogens (tertiary/aromatic N) is 3. The number of nitrogens with one attached hydrogen (secondary N) is 2. The Hall–Kier alpha value is -3.03. The summed E-state index contributed by atoms with van der Waals surface area (Å²) in [5.74, 6) is 0.0195. The second kappa shape index (κ2) is 6.42. The van der Waals surface area contributed by atoms with Gasteiger partial charge in [-0.1, -0.05) is 18.2 Å². The molecule has 1 heterocycles. The summed E-state index contributed by atoms with van der Waals surface area (Å²) >= 11 is 0. The highest BCUT2D eigenvalue weighted by Gasteiger charge is 2.14. The van der Waals surface area contributed by atoms with Crippen LogP contribution >= 0.6 is 0 Å². The zero-order chi connectivity index (χ0) is 15.2. The molecule has 0 aliphatic heterocycles. The minimum Gasteiger partial charge on any atom is -0.372 e. The van der Waals surface area contributed by atoms with Gasteiger partial charge in [-0.3, -0.25) is 19.9 Å². The van der Waals surface area contributed by atoms with Gasteiger partial charge in [-0.05, 0) is 0 Å². The maximum atomic E-state index is 12.0. The minimum atomic E-state index is -0.483. The standard InChI is InChI=1S/C13H13N5O3/c1-14-12-8-15-7-10(17-12)13(19)16-6-9-4-2-3-5-11(9)18(20)21/h2-5,7-8H,6H2,1H3,(H,14,17)(H,16,19). The van der Waals surface area contributed by atoms with Crippen molar-refractivity contribution in [3.05, 3.63) is 58.0 Å². The molecule has 108 valence electrons. The zero-order valence-electron chi connectivity index (χ0n) is 11.2. The molecule has 2 rings (SSSR count). The van der Waals surface area contributed by atoms with E-state index in [2.05, 4.69) is 20.6 Å². The Kier molecular flexibility index (Phi) is 4.39. The number of hydrogen-bond acceptors (Lipinski definition) is 6. The first kappa shape index (κ1) is 14.4. The van der Waals surface area contributed by atoms with Crippen molar-refractivity contribution in [2.24, 2.45) is 0 Å². The van der Waals surface area contributed by atoms with Crippen molar-refractivity contribution in [3.63, 3.8) is 0 Å². The molecular formula is C13H13N5O3. The van der Waals surface area contributed by atoms with Crippen LogP contribution in [0.15, 0.2) is 36.7 Å². The van der Waals surface area contributed by atoms with Gasteiger partial charge in [0, 0.05) is 25.2 Å². The van der Waals surface area contributed by atoms with E-state index in [1.54, 1.807) is 25.2 Å². The Morgan fingerprint density at radius 1 is 1.33 bits per heavy atom. The predicted molar refractivity (Wildman–Crippen MR) is 75.8 cm³/mol. The van der Waals surface area contributed by atoms with Gasteiger partial charge >= 0.3 is 0 Å². The van der Waals surface area contributed by atoms with Crippen LogP contribution in [0, 0.1) is 10.1 Å². The Balaban J connectivity index is 2.09. The number of amides is 1. The van der Waals surface area contributed by atoms with E-state index in [1.807, 2.05) is 0 Å². The van der Waals surface area contributed by atoms with Gasteiger partial charge in [-0.2, -0.15) is 0 Å². The van der Waals surface area contributed by atoms with Crippen molar-refractivity contribution in [2.75, 3.05) is 12.4 Å². The number of rotatable bonds is 5. The molecule has 0 aliphatic carbocycles. The third kappa shape index (κ3) is 3.50. The lowest BCUT2D eigenvalue weighted by Gasteiger charge is -2.06. The number of carbonyl (C=O) groups excluding carboxylic acids is 1. The molecule has 0 radical (unpaired) electrons. The molecule has 2 N–H and O–H groups in total. The van der Waals surface area contributed by atoms with Crippen LogP contribution in [-0.2, 0) is 6.54 Å². The van der Waals surface area contributed by atoms with Gasteiger partial charge in [-0.15, -0.1) is 0 Å². The van der Waals surface area contributed by atoms with Crippen molar-refractivity contribution in [1.29, 1.82) is 0 Å². The number of nitro groups is 1. The van der Waals surface area contributed by atoms with Crippen LogP contribution in [0.4, 0.5) is 11.5 Å². The Morgan fingerprint density at radius 3 is 2.81 bits per heavy atom. The summed E-state index contributed by atoms with van der Waals surface area (Å²) in [6.07, 6.45) is 2.81. The average Bonchev–Trinajstić information content (AvgIpc) is 2.52. The van der Waals surface area contributed by atoms with Crippen molar-refractivity contribution < 1.29 is 9.72 Å². The van der Waals surface area contributed by atoms with Crippen LogP contribution in [-0.4, -0.2) is 27.8 Å². The van der Waals surface area contributed by atoms with Gasteiger partial charge in [-0.25, -0.2) is 4.98 Å². The molecule has 1 aromatic heterocycles. The van der Waals surface area contributed by atoms with Crippen molar-refractivity contribution >= 4 is 17.4 Å². The highest BCUT2D eigenvalue weighted by atomic mass is 16.6. The first-order chi connectivity index (χ1) is 10.1. The molecule has 0 spiro atoms. The van der Waals surface area contributed by atoms with Crippen LogP contribution in [0.25, 0.3) is 0 Å². The van der Waals surface area contributed by atoms with Gasteiger partial charge in [0.05, 0.1) is 17.3 Å². The third-order valence-electron chi connectivity index (χ3n) is 2.75. The van der Waals surface area contributed by atoms with Crippen LogP contribution in [0.2, 0.25) is 0 Å². The number of benzene rings is 1. The third-order valence-corrected chi connectivity index (χ3v) is 2.75. The highest BCUT2D eigenvalue weighted by molar-refractivity contribution is 5.92. The lowest BCUT2D eigenvalue weighted by molar-refractivity contribution is -0.385. The second-order valence-electron chi connectivity index (χ2n) is 4.11. The molecule has 0 saturated carbocycles. The molecule has 1 amide bonds. The Bertz CT molecular complexity index is 674. The molecule has 0 unspecified atom stereocenters. The van der Waals surface area contributed by atoms with E-state index in [4.69, 9.17) is 0 Å². The van der Waals surface area contributed by atoms with Crippen LogP contribution in [0.3, 0.4) is 0 Å². The summed E-state index contributed by atoms with van der Waals surface area (Å²) in [7, 11) is 1.67. The molecule has 0 saturated heterocycles. The molecular weight excluding hydrogens is 274 g/mol. The molecule has 0 atom stereocenters. The molecule has 2 aromatic rings. The van der Waals surface area contributed by atoms with Crippen LogP contribution < -0.4 is 10.6 Å². The number of aromatic nitrogens is 2. The first-order valence-corrected chi connectivity index (χ1v) is 6.12. The Morgan fingerprint density at radius 2 is 2.10 bits per heavy atom. The van der Waals surface area contributed by atoms with E-state index in [1.165, 1.54) is 18.5 Å². The summed E-state index contributed by atoms with van der Waals surface area (Å²) in [6.45, 7) is 0.0431. The van der Waals surface area contributed by atoms with E-state index in [0.29, 0.717) is 11.4 Å². The smallest absolute Gasteiger partial charge is 0.274 e. The average molecular weight is 287 g/mol. The molecule has 0 aliphatic rings. The fourth-order valence-electron chi connectivity index (χ4n) is 1.70. The van der Waals surface area contributed by atoms with Crippen molar-refractivity contribution in [3.8, 4) is 0 Å². The van der Waals surface area contributed by atoms with Crippen molar-refractivity contribution in [1.82, 2.24) is 15.3 Å². The van der Waals surface area contributed by atoms with E-state index in [0.717, 1.165) is 0 Å². The van der Waals surface area contributed by atoms with Gasteiger partial charge in [0.25, 0.3) is 11.6 Å². The lowest BCUT2D eigenvalue weighted by Crippen LogP contribution is -2.24. The molecule has 0 bridgehead atoms. The SMILES string of the molecule is CNc1cncc(C(=O)NCc2ccccc2[N+](=O)[O-])n1. The maximum Gasteiger partial charge on any atom is 0.274 e. The fourth-order valence-corrected chi connectivity index (χ4v) is 1.70. The predicted octanol–water partition coefficient (Wildman–Crippen LogP) is 1.36. The summed E-state index contributed by atoms with van der Waals surface area (Å²) in [5, 5.41) is 16.2. The van der Waals surface area contributed by atoms with E-state index >= 15 is 0 Å². The van der Waals surface area contributed by atoms with E-state index < -0.39 is 10.8 Å². The monoisotopic (exact) mass is 287 g/mol. The van der Waals surface area contributed by atoms with Gasteiger partial charge in [0.2, 0.25) is 0 Å². The normalized spacial score (nSPS) is 9.95. The second-order valence-corrected chi connectivity index (χ2v) is 4.11. The van der Waals surface area contributed by atoms with Gasteiger partial charge in [0.1, 0.15) is 11.5 Å². The number of hydrogen-bond donors (Lipinski definition) is 2. The molecule has 8 heteroatoms. The number of carbonyl (C=O) groups is 1. The fraction of sp³-hybridized carbons (Fsp3) is 0.154. The number of anilines is 1. The summed E-state index contributed by atoms with van der Waals surface area (Å²) in [4.78, 5) is 30.3. The van der Waals surface area contributed by atoms with Gasteiger partial charge in [0.15, 0.2) is 0 Å². The number of nitro benzene ring substituents is 1. The van der Waals surface area contributed by atoms with Gasteiger partial charge < -0.3 is 10.6 Å². The Labute approximate surface area is 120 Å². The summed E-state index contributed by atoms with van der Waals surface area (Å²) in [6, 6.07) is 6.23. The molecule has 8 nitrogen and oxygen atoms in total. The topological polar surface area (TPSA) is 110 Å². The molecule has 21 heavy (non-hydrogen) atoms. The maximum absolute atomic E-state index is 12.0. The lowest BCUT2D eigenvalue weighted by atomic mass is 10.2. The quantitative estimate of drug-likeness (QED) is 0.634. The van der Waals surface area contributed by atoms with E-state index in [-0.39, 0.29) is 17.9 Å². The van der Waals surface area contributed by atoms with Crippen molar-refractivity contribution in [2.45, 2.75) is 6.54 Å². The zero-order valence-corrected chi connectivity index (χ0v) is 11.2. The largest absolute Gasteiger partial charge is 0.372 e. The summed E-state index contributed by atoms with van der Waals surface area (Å²) < 4.78 is 0.